The Morgan fingerprint density at radius 3 is 3.00 bits per heavy atom. The molecule has 16 heavy (non-hydrogen) atoms. The van der Waals surface area contributed by atoms with E-state index in [4.69, 9.17) is 16.3 Å². The number of halogens is 1. The van der Waals surface area contributed by atoms with E-state index in [0.717, 1.165) is 17.9 Å². The standard InChI is InChI=1S/C12H13ClO2S/c1-15-11-3-2-9(13)6-10(11)12(14)8-4-5-16-7-8/h2-3,6,8H,4-5,7H2,1H3. The Bertz CT molecular complexity index is 400. The van der Waals surface area contributed by atoms with Gasteiger partial charge in [-0.05, 0) is 30.4 Å². The Morgan fingerprint density at radius 1 is 1.56 bits per heavy atom. The van der Waals surface area contributed by atoms with Gasteiger partial charge < -0.3 is 4.74 Å². The van der Waals surface area contributed by atoms with Crippen molar-refractivity contribution in [3.63, 3.8) is 0 Å². The predicted molar refractivity (Wildman–Crippen MR) is 67.8 cm³/mol. The molecular weight excluding hydrogens is 244 g/mol. The molecule has 0 N–H and O–H groups in total. The van der Waals surface area contributed by atoms with Crippen LogP contribution in [0.5, 0.6) is 5.75 Å². The molecule has 2 nitrogen and oxygen atoms in total. The monoisotopic (exact) mass is 256 g/mol. The van der Waals surface area contributed by atoms with Crippen LogP contribution in [-0.2, 0) is 0 Å². The largest absolute Gasteiger partial charge is 0.496 e. The third-order valence-electron chi connectivity index (χ3n) is 2.73. The molecule has 1 aliphatic rings. The van der Waals surface area contributed by atoms with E-state index in [1.165, 1.54) is 0 Å². The quantitative estimate of drug-likeness (QED) is 0.777. The number of benzene rings is 1. The minimum atomic E-state index is 0.123. The second kappa shape index (κ2) is 5.11. The van der Waals surface area contributed by atoms with E-state index in [-0.39, 0.29) is 11.7 Å². The maximum absolute atomic E-state index is 12.2. The normalized spacial score (nSPS) is 19.8. The maximum atomic E-state index is 12.2. The zero-order valence-electron chi connectivity index (χ0n) is 9.03. The molecular formula is C12H13ClO2S. The van der Waals surface area contributed by atoms with Gasteiger partial charge in [0.05, 0.1) is 12.7 Å². The molecule has 0 spiro atoms. The average molecular weight is 257 g/mol. The Hall–Kier alpha value is -0.670. The summed E-state index contributed by atoms with van der Waals surface area (Å²) in [6.07, 6.45) is 0.958. The van der Waals surface area contributed by atoms with Crippen LogP contribution in [0.15, 0.2) is 18.2 Å². The van der Waals surface area contributed by atoms with Crippen LogP contribution in [0.3, 0.4) is 0 Å². The first-order valence-corrected chi connectivity index (χ1v) is 6.71. The molecule has 1 atom stereocenters. The fourth-order valence-electron chi connectivity index (χ4n) is 1.83. The Morgan fingerprint density at radius 2 is 2.38 bits per heavy atom. The summed E-state index contributed by atoms with van der Waals surface area (Å²) in [4.78, 5) is 12.2. The SMILES string of the molecule is COc1ccc(Cl)cc1C(=O)C1CCSC1. The van der Waals surface area contributed by atoms with Crippen molar-refractivity contribution in [1.82, 2.24) is 0 Å². The summed E-state index contributed by atoms with van der Waals surface area (Å²) in [7, 11) is 1.57. The molecule has 86 valence electrons. The average Bonchev–Trinajstić information content (AvgIpc) is 2.81. The topological polar surface area (TPSA) is 26.3 Å². The highest BCUT2D eigenvalue weighted by molar-refractivity contribution is 7.99. The summed E-state index contributed by atoms with van der Waals surface area (Å²) >= 11 is 7.74. The third kappa shape index (κ3) is 2.36. The minimum Gasteiger partial charge on any atom is -0.496 e. The summed E-state index contributed by atoms with van der Waals surface area (Å²) in [5.41, 5.74) is 0.613. The van der Waals surface area contributed by atoms with E-state index in [9.17, 15) is 4.79 Å². The maximum Gasteiger partial charge on any atom is 0.170 e. The lowest BCUT2D eigenvalue weighted by molar-refractivity contribution is 0.0930. The van der Waals surface area contributed by atoms with Crippen molar-refractivity contribution in [3.05, 3.63) is 28.8 Å². The van der Waals surface area contributed by atoms with Crippen LogP contribution in [0.25, 0.3) is 0 Å². The van der Waals surface area contributed by atoms with Gasteiger partial charge in [0.25, 0.3) is 0 Å². The Labute approximate surface area is 104 Å². The van der Waals surface area contributed by atoms with Crippen LogP contribution in [0.2, 0.25) is 5.02 Å². The van der Waals surface area contributed by atoms with Gasteiger partial charge in [-0.2, -0.15) is 11.8 Å². The summed E-state index contributed by atoms with van der Waals surface area (Å²) in [5.74, 6) is 2.88. The van der Waals surface area contributed by atoms with Crippen molar-refractivity contribution in [3.8, 4) is 5.75 Å². The van der Waals surface area contributed by atoms with E-state index < -0.39 is 0 Å². The fraction of sp³-hybridized carbons (Fsp3) is 0.417. The van der Waals surface area contributed by atoms with Crippen LogP contribution in [0.1, 0.15) is 16.8 Å². The smallest absolute Gasteiger partial charge is 0.170 e. The van der Waals surface area contributed by atoms with Crippen molar-refractivity contribution in [2.75, 3.05) is 18.6 Å². The number of hydrogen-bond donors (Lipinski definition) is 0. The molecule has 0 aliphatic carbocycles. The van der Waals surface area contributed by atoms with Gasteiger partial charge in [-0.3, -0.25) is 4.79 Å². The zero-order valence-corrected chi connectivity index (χ0v) is 10.6. The lowest BCUT2D eigenvalue weighted by Gasteiger charge is -2.11. The molecule has 1 fully saturated rings. The molecule has 4 heteroatoms. The second-order valence-corrected chi connectivity index (χ2v) is 5.36. The third-order valence-corrected chi connectivity index (χ3v) is 4.13. The molecule has 0 aromatic heterocycles. The summed E-state index contributed by atoms with van der Waals surface area (Å²) in [5, 5.41) is 0.579. The first-order chi connectivity index (χ1) is 7.72. The lowest BCUT2D eigenvalue weighted by Crippen LogP contribution is -2.14. The summed E-state index contributed by atoms with van der Waals surface area (Å²) < 4.78 is 5.19. The summed E-state index contributed by atoms with van der Waals surface area (Å²) in [6.45, 7) is 0. The number of carbonyl (C=O) groups excluding carboxylic acids is 1. The first-order valence-electron chi connectivity index (χ1n) is 5.18. The van der Waals surface area contributed by atoms with Gasteiger partial charge in [-0.1, -0.05) is 11.6 Å². The first kappa shape index (κ1) is 11.8. The molecule has 1 heterocycles. The molecule has 1 unspecified atom stereocenters. The molecule has 0 radical (unpaired) electrons. The second-order valence-electron chi connectivity index (χ2n) is 3.77. The van der Waals surface area contributed by atoms with Crippen molar-refractivity contribution < 1.29 is 9.53 Å². The molecule has 0 amide bonds. The number of ketones is 1. The van der Waals surface area contributed by atoms with Gasteiger partial charge in [0.1, 0.15) is 5.75 Å². The molecule has 1 aromatic carbocycles. The number of carbonyl (C=O) groups is 1. The van der Waals surface area contributed by atoms with Crippen molar-refractivity contribution in [2.24, 2.45) is 5.92 Å². The van der Waals surface area contributed by atoms with Crippen molar-refractivity contribution in [1.29, 1.82) is 0 Å². The van der Waals surface area contributed by atoms with Gasteiger partial charge in [-0.15, -0.1) is 0 Å². The van der Waals surface area contributed by atoms with Gasteiger partial charge in [0, 0.05) is 16.7 Å². The number of ether oxygens (including phenoxy) is 1. The number of Topliss-reactive ketones (excluding diaryl/α,β-unsaturated/α-hetero) is 1. The van der Waals surface area contributed by atoms with Gasteiger partial charge in [0.2, 0.25) is 0 Å². The van der Waals surface area contributed by atoms with Crippen molar-refractivity contribution in [2.45, 2.75) is 6.42 Å². The number of thioether (sulfide) groups is 1. The van der Waals surface area contributed by atoms with E-state index >= 15 is 0 Å². The van der Waals surface area contributed by atoms with E-state index in [1.807, 2.05) is 11.8 Å². The minimum absolute atomic E-state index is 0.123. The van der Waals surface area contributed by atoms with E-state index in [1.54, 1.807) is 25.3 Å². The van der Waals surface area contributed by atoms with Gasteiger partial charge in [0.15, 0.2) is 5.78 Å². The van der Waals surface area contributed by atoms with E-state index in [2.05, 4.69) is 0 Å². The van der Waals surface area contributed by atoms with Crippen LogP contribution >= 0.6 is 23.4 Å². The highest BCUT2D eigenvalue weighted by Gasteiger charge is 2.26. The van der Waals surface area contributed by atoms with Crippen LogP contribution in [0, 0.1) is 5.92 Å². The number of rotatable bonds is 3. The van der Waals surface area contributed by atoms with Gasteiger partial charge in [-0.25, -0.2) is 0 Å². The summed E-state index contributed by atoms with van der Waals surface area (Å²) in [6, 6.07) is 5.18. The number of methoxy groups -OCH3 is 1. The molecule has 1 aliphatic heterocycles. The predicted octanol–water partition coefficient (Wildman–Crippen LogP) is 3.28. The van der Waals surface area contributed by atoms with Gasteiger partial charge >= 0.3 is 0 Å². The van der Waals surface area contributed by atoms with Crippen LogP contribution in [0.4, 0.5) is 0 Å². The van der Waals surface area contributed by atoms with Crippen molar-refractivity contribution >= 4 is 29.1 Å². The lowest BCUT2D eigenvalue weighted by atomic mass is 9.96. The van der Waals surface area contributed by atoms with Crippen LogP contribution in [-0.4, -0.2) is 24.4 Å². The molecule has 0 saturated carbocycles. The molecule has 1 aromatic rings. The highest BCUT2D eigenvalue weighted by atomic mass is 35.5. The fourth-order valence-corrected chi connectivity index (χ4v) is 3.23. The zero-order chi connectivity index (χ0) is 11.5. The molecule has 1 saturated heterocycles. The highest BCUT2D eigenvalue weighted by Crippen LogP contribution is 2.31. The molecule has 2 rings (SSSR count). The Kier molecular flexibility index (Phi) is 3.77. The van der Waals surface area contributed by atoms with Crippen LogP contribution < -0.4 is 4.74 Å². The number of hydrogen-bond acceptors (Lipinski definition) is 3. The van der Waals surface area contributed by atoms with E-state index in [0.29, 0.717) is 16.3 Å². The molecule has 0 bridgehead atoms. The Balaban J connectivity index is 2.30.